The predicted octanol–water partition coefficient (Wildman–Crippen LogP) is 3.01. The largest absolute Gasteiger partial charge is 0.303 e. The Morgan fingerprint density at radius 3 is 2.35 bits per heavy atom. The molecule has 0 bridgehead atoms. The van der Waals surface area contributed by atoms with Crippen LogP contribution in [0.1, 0.15) is 57.8 Å². The molecule has 0 N–H and O–H groups in total. The van der Waals surface area contributed by atoms with Crippen molar-refractivity contribution in [3.05, 3.63) is 0 Å². The maximum atomic E-state index is 11.7. The van der Waals surface area contributed by atoms with E-state index < -0.39 is 0 Å². The molecule has 0 aromatic rings. The Labute approximate surface area is 105 Å². The SMILES string of the molecule is O=C1CCCC1CN1CCC2(CCCC2)CC1. The molecule has 1 saturated heterocycles. The Balaban J connectivity index is 1.49. The number of hydrogen-bond acceptors (Lipinski definition) is 2. The molecule has 17 heavy (non-hydrogen) atoms. The molecule has 2 nitrogen and oxygen atoms in total. The van der Waals surface area contributed by atoms with Crippen LogP contribution in [0.5, 0.6) is 0 Å². The third-order valence-corrected chi connectivity index (χ3v) is 5.49. The van der Waals surface area contributed by atoms with Crippen LogP contribution in [0.25, 0.3) is 0 Å². The molecule has 2 saturated carbocycles. The van der Waals surface area contributed by atoms with E-state index in [1.54, 1.807) is 0 Å². The van der Waals surface area contributed by atoms with Crippen LogP contribution in [0.3, 0.4) is 0 Å². The fourth-order valence-corrected chi connectivity index (χ4v) is 4.23. The molecule has 0 amide bonds. The average Bonchev–Trinajstić information content (AvgIpc) is 2.94. The van der Waals surface area contributed by atoms with Gasteiger partial charge in [-0.15, -0.1) is 0 Å². The highest BCUT2D eigenvalue weighted by Crippen LogP contribution is 2.46. The van der Waals surface area contributed by atoms with Crippen molar-refractivity contribution in [2.75, 3.05) is 19.6 Å². The molecule has 1 spiro atoms. The molecule has 2 aliphatic carbocycles. The minimum atomic E-state index is 0.382. The van der Waals surface area contributed by atoms with Crippen LogP contribution in [0.4, 0.5) is 0 Å². The number of carbonyl (C=O) groups excluding carboxylic acids is 1. The lowest BCUT2D eigenvalue weighted by Crippen LogP contribution is -2.41. The first-order chi connectivity index (χ1) is 8.27. The molecule has 1 aliphatic heterocycles. The van der Waals surface area contributed by atoms with Gasteiger partial charge >= 0.3 is 0 Å². The number of Topliss-reactive ketones (excluding diaryl/α,β-unsaturated/α-hetero) is 1. The van der Waals surface area contributed by atoms with Gasteiger partial charge in [0.1, 0.15) is 5.78 Å². The van der Waals surface area contributed by atoms with Gasteiger partial charge in [-0.25, -0.2) is 0 Å². The van der Waals surface area contributed by atoms with E-state index in [0.29, 0.717) is 11.7 Å². The van der Waals surface area contributed by atoms with Gasteiger partial charge in [0.2, 0.25) is 0 Å². The lowest BCUT2D eigenvalue weighted by atomic mass is 9.77. The number of ketones is 1. The second-order valence-electron chi connectivity index (χ2n) is 6.56. The molecule has 1 atom stereocenters. The predicted molar refractivity (Wildman–Crippen MR) is 68.9 cm³/mol. The Bertz CT molecular complexity index is 283. The number of rotatable bonds is 2. The summed E-state index contributed by atoms with van der Waals surface area (Å²) in [7, 11) is 0. The van der Waals surface area contributed by atoms with Crippen LogP contribution in [0, 0.1) is 11.3 Å². The molecule has 3 fully saturated rings. The molecular weight excluding hydrogens is 210 g/mol. The monoisotopic (exact) mass is 235 g/mol. The van der Waals surface area contributed by atoms with E-state index in [1.165, 1.54) is 51.6 Å². The summed E-state index contributed by atoms with van der Waals surface area (Å²) in [4.78, 5) is 14.2. The number of piperidine rings is 1. The van der Waals surface area contributed by atoms with Crippen molar-refractivity contribution in [2.45, 2.75) is 57.8 Å². The van der Waals surface area contributed by atoms with Gasteiger partial charge < -0.3 is 4.90 Å². The van der Waals surface area contributed by atoms with Gasteiger partial charge in [-0.2, -0.15) is 0 Å². The van der Waals surface area contributed by atoms with E-state index in [-0.39, 0.29) is 0 Å². The van der Waals surface area contributed by atoms with Crippen molar-refractivity contribution in [1.82, 2.24) is 4.90 Å². The first-order valence-corrected chi connectivity index (χ1v) is 7.53. The minimum Gasteiger partial charge on any atom is -0.303 e. The maximum absolute atomic E-state index is 11.7. The van der Waals surface area contributed by atoms with E-state index in [4.69, 9.17) is 0 Å². The van der Waals surface area contributed by atoms with E-state index >= 15 is 0 Å². The summed E-state index contributed by atoms with van der Waals surface area (Å²) in [5.41, 5.74) is 0.718. The van der Waals surface area contributed by atoms with Gasteiger partial charge in [0, 0.05) is 18.9 Å². The van der Waals surface area contributed by atoms with Crippen molar-refractivity contribution in [2.24, 2.45) is 11.3 Å². The van der Waals surface area contributed by atoms with Gasteiger partial charge in [-0.1, -0.05) is 12.8 Å². The molecule has 0 aromatic heterocycles. The van der Waals surface area contributed by atoms with E-state index in [9.17, 15) is 4.79 Å². The lowest BCUT2D eigenvalue weighted by molar-refractivity contribution is -0.121. The third kappa shape index (κ3) is 2.42. The number of likely N-dealkylation sites (tertiary alicyclic amines) is 1. The van der Waals surface area contributed by atoms with Crippen LogP contribution in [-0.4, -0.2) is 30.3 Å². The average molecular weight is 235 g/mol. The van der Waals surface area contributed by atoms with Crippen molar-refractivity contribution >= 4 is 5.78 Å². The minimum absolute atomic E-state index is 0.382. The molecule has 0 aromatic carbocycles. The molecule has 2 heteroatoms. The van der Waals surface area contributed by atoms with Crippen LogP contribution < -0.4 is 0 Å². The standard InChI is InChI=1S/C15H25NO/c17-14-5-3-4-13(14)12-16-10-8-15(9-11-16)6-1-2-7-15/h13H,1-12H2. The second-order valence-corrected chi connectivity index (χ2v) is 6.56. The van der Waals surface area contributed by atoms with E-state index in [1.807, 2.05) is 0 Å². The van der Waals surface area contributed by atoms with Gasteiger partial charge in [0.15, 0.2) is 0 Å². The molecule has 0 radical (unpaired) electrons. The summed E-state index contributed by atoms with van der Waals surface area (Å²) in [5, 5.41) is 0. The van der Waals surface area contributed by atoms with Crippen LogP contribution in [0.2, 0.25) is 0 Å². The number of carbonyl (C=O) groups is 1. The fraction of sp³-hybridized carbons (Fsp3) is 0.933. The highest BCUT2D eigenvalue weighted by molar-refractivity contribution is 5.83. The van der Waals surface area contributed by atoms with Gasteiger partial charge in [0.25, 0.3) is 0 Å². The zero-order valence-corrected chi connectivity index (χ0v) is 10.9. The van der Waals surface area contributed by atoms with E-state index in [2.05, 4.69) is 4.90 Å². The lowest BCUT2D eigenvalue weighted by Gasteiger charge is -2.40. The quantitative estimate of drug-likeness (QED) is 0.733. The van der Waals surface area contributed by atoms with Crippen molar-refractivity contribution in [1.29, 1.82) is 0 Å². The zero-order valence-electron chi connectivity index (χ0n) is 10.9. The van der Waals surface area contributed by atoms with Gasteiger partial charge in [-0.3, -0.25) is 4.79 Å². The van der Waals surface area contributed by atoms with Crippen LogP contribution in [-0.2, 0) is 4.79 Å². The van der Waals surface area contributed by atoms with Crippen molar-refractivity contribution in [3.63, 3.8) is 0 Å². The Morgan fingerprint density at radius 2 is 1.76 bits per heavy atom. The van der Waals surface area contributed by atoms with Gasteiger partial charge in [0.05, 0.1) is 0 Å². The third-order valence-electron chi connectivity index (χ3n) is 5.49. The fourth-order valence-electron chi connectivity index (χ4n) is 4.23. The van der Waals surface area contributed by atoms with Crippen molar-refractivity contribution < 1.29 is 4.79 Å². The Hall–Kier alpha value is -0.370. The summed E-state index contributed by atoms with van der Waals surface area (Å²) in [6.45, 7) is 3.57. The highest BCUT2D eigenvalue weighted by atomic mass is 16.1. The number of nitrogens with zero attached hydrogens (tertiary/aromatic N) is 1. The Kier molecular flexibility index (Phi) is 3.25. The summed E-state index contributed by atoms with van der Waals surface area (Å²) in [6, 6.07) is 0. The molecule has 3 aliphatic rings. The normalized spacial score (nSPS) is 33.6. The highest BCUT2D eigenvalue weighted by Gasteiger charge is 2.37. The summed E-state index contributed by atoms with van der Waals surface area (Å²) >= 11 is 0. The maximum Gasteiger partial charge on any atom is 0.137 e. The zero-order chi connectivity index (χ0) is 11.7. The summed E-state index contributed by atoms with van der Waals surface area (Å²) in [5.74, 6) is 0.916. The summed E-state index contributed by atoms with van der Waals surface area (Å²) in [6.07, 6.45) is 11.8. The molecular formula is C15H25NO. The molecule has 1 unspecified atom stereocenters. The van der Waals surface area contributed by atoms with Gasteiger partial charge in [-0.05, 0) is 57.0 Å². The van der Waals surface area contributed by atoms with Crippen LogP contribution in [0.15, 0.2) is 0 Å². The topological polar surface area (TPSA) is 20.3 Å². The molecule has 1 heterocycles. The second kappa shape index (κ2) is 4.72. The van der Waals surface area contributed by atoms with Crippen LogP contribution >= 0.6 is 0 Å². The number of hydrogen-bond donors (Lipinski definition) is 0. The first kappa shape index (κ1) is 11.7. The van der Waals surface area contributed by atoms with Crippen molar-refractivity contribution in [3.8, 4) is 0 Å². The molecule has 3 rings (SSSR count). The molecule has 96 valence electrons. The van der Waals surface area contributed by atoms with E-state index in [0.717, 1.165) is 31.2 Å². The Morgan fingerprint density at radius 1 is 1.06 bits per heavy atom. The summed E-state index contributed by atoms with van der Waals surface area (Å²) < 4.78 is 0. The smallest absolute Gasteiger partial charge is 0.137 e. The first-order valence-electron chi connectivity index (χ1n) is 7.53.